The molecule has 0 saturated heterocycles. The minimum Gasteiger partial charge on any atom is -0.496 e. The number of aromatic nitrogens is 5. The van der Waals surface area contributed by atoms with Gasteiger partial charge in [0.2, 0.25) is 0 Å². The first-order valence-corrected chi connectivity index (χ1v) is 8.76. The lowest BCUT2D eigenvalue weighted by Crippen LogP contribution is -2.14. The van der Waals surface area contributed by atoms with Gasteiger partial charge in [-0.3, -0.25) is 0 Å². The van der Waals surface area contributed by atoms with E-state index in [0.717, 1.165) is 24.3 Å². The lowest BCUT2D eigenvalue weighted by Gasteiger charge is -2.16. The third-order valence-electron chi connectivity index (χ3n) is 4.51. The Labute approximate surface area is 156 Å². The van der Waals surface area contributed by atoms with Crippen molar-refractivity contribution in [3.8, 4) is 17.1 Å². The number of methoxy groups -OCH3 is 1. The first-order chi connectivity index (χ1) is 13.2. The molecule has 3 aromatic heterocycles. The molecule has 1 atom stereocenters. The van der Waals surface area contributed by atoms with E-state index in [-0.39, 0.29) is 11.7 Å². The fourth-order valence-electron chi connectivity index (χ4n) is 3.32. The molecule has 1 unspecified atom stereocenters. The molecule has 4 aromatic rings. The average molecular weight is 365 g/mol. The Bertz CT molecular complexity index is 1070. The van der Waals surface area contributed by atoms with Crippen LogP contribution in [-0.4, -0.2) is 31.2 Å². The van der Waals surface area contributed by atoms with E-state index in [1.54, 1.807) is 25.6 Å². The number of ether oxygens (including phenoxy) is 1. The van der Waals surface area contributed by atoms with Crippen LogP contribution in [0.25, 0.3) is 22.6 Å². The van der Waals surface area contributed by atoms with E-state index in [0.29, 0.717) is 17.1 Å². The van der Waals surface area contributed by atoms with Gasteiger partial charge in [0, 0.05) is 31.7 Å². The molecule has 4 rings (SSSR count). The highest BCUT2D eigenvalue weighted by Gasteiger charge is 2.15. The Morgan fingerprint density at radius 1 is 1.07 bits per heavy atom. The van der Waals surface area contributed by atoms with E-state index in [2.05, 4.69) is 26.4 Å². The van der Waals surface area contributed by atoms with Crippen LogP contribution in [0.15, 0.2) is 55.2 Å². The summed E-state index contributed by atoms with van der Waals surface area (Å²) in [7, 11) is 1.57. The topological polar surface area (TPSA) is 57.8 Å². The van der Waals surface area contributed by atoms with Crippen LogP contribution in [0, 0.1) is 11.7 Å². The molecule has 1 aromatic carbocycles. The standard InChI is InChI=1S/C20H20FN5O/c1-14(12-26-13-24-17-4-3-7-22-20(17)26)11-25-9-8-23-19(25)16-10-15(21)5-6-18(16)27-2/h3-10,13-14H,11-12H2,1-2H3. The van der Waals surface area contributed by atoms with Gasteiger partial charge in [-0.15, -0.1) is 0 Å². The van der Waals surface area contributed by atoms with Crippen molar-refractivity contribution in [3.05, 3.63) is 61.1 Å². The predicted molar refractivity (Wildman–Crippen MR) is 101 cm³/mol. The number of pyridine rings is 1. The molecule has 0 radical (unpaired) electrons. The Kier molecular flexibility index (Phi) is 4.58. The normalized spacial score (nSPS) is 12.4. The smallest absolute Gasteiger partial charge is 0.159 e. The summed E-state index contributed by atoms with van der Waals surface area (Å²) in [6.07, 6.45) is 7.22. The van der Waals surface area contributed by atoms with Crippen molar-refractivity contribution in [1.29, 1.82) is 0 Å². The van der Waals surface area contributed by atoms with Gasteiger partial charge in [-0.25, -0.2) is 19.3 Å². The molecule has 3 heterocycles. The molecule has 6 nitrogen and oxygen atoms in total. The van der Waals surface area contributed by atoms with E-state index in [4.69, 9.17) is 4.74 Å². The molecule has 0 aliphatic carbocycles. The summed E-state index contributed by atoms with van der Waals surface area (Å²) in [5.74, 6) is 1.26. The summed E-state index contributed by atoms with van der Waals surface area (Å²) in [6, 6.07) is 8.29. The van der Waals surface area contributed by atoms with Crippen LogP contribution < -0.4 is 4.74 Å². The van der Waals surface area contributed by atoms with Crippen molar-refractivity contribution in [2.75, 3.05) is 7.11 Å². The molecule has 0 saturated carbocycles. The first-order valence-electron chi connectivity index (χ1n) is 8.76. The van der Waals surface area contributed by atoms with Crippen LogP contribution in [-0.2, 0) is 13.1 Å². The molecule has 0 N–H and O–H groups in total. The minimum absolute atomic E-state index is 0.289. The summed E-state index contributed by atoms with van der Waals surface area (Å²) in [5.41, 5.74) is 2.41. The van der Waals surface area contributed by atoms with E-state index in [1.165, 1.54) is 12.1 Å². The zero-order valence-electron chi connectivity index (χ0n) is 15.2. The SMILES string of the molecule is COc1ccc(F)cc1-c1nccn1CC(C)Cn1cnc2cccnc21. The van der Waals surface area contributed by atoms with E-state index >= 15 is 0 Å². The maximum atomic E-state index is 13.8. The van der Waals surface area contributed by atoms with Gasteiger partial charge in [-0.2, -0.15) is 0 Å². The molecule has 0 amide bonds. The summed E-state index contributed by atoms with van der Waals surface area (Å²) in [6.45, 7) is 3.65. The monoisotopic (exact) mass is 365 g/mol. The molecule has 138 valence electrons. The molecule has 0 spiro atoms. The second kappa shape index (κ2) is 7.19. The van der Waals surface area contributed by atoms with Crippen molar-refractivity contribution in [2.45, 2.75) is 20.0 Å². The van der Waals surface area contributed by atoms with Crippen molar-refractivity contribution in [1.82, 2.24) is 24.1 Å². The van der Waals surface area contributed by atoms with Crippen molar-refractivity contribution in [3.63, 3.8) is 0 Å². The summed E-state index contributed by atoms with van der Waals surface area (Å²) < 4.78 is 23.2. The number of rotatable bonds is 6. The number of halogens is 1. The van der Waals surface area contributed by atoms with Crippen LogP contribution in [0.2, 0.25) is 0 Å². The molecule has 0 aliphatic rings. The van der Waals surface area contributed by atoms with Gasteiger partial charge >= 0.3 is 0 Å². The van der Waals surface area contributed by atoms with Crippen LogP contribution in [0.3, 0.4) is 0 Å². The molecule has 0 aliphatic heterocycles. The van der Waals surface area contributed by atoms with Gasteiger partial charge in [0.15, 0.2) is 5.65 Å². The highest BCUT2D eigenvalue weighted by molar-refractivity contribution is 5.70. The van der Waals surface area contributed by atoms with Crippen molar-refractivity contribution < 1.29 is 9.13 Å². The van der Waals surface area contributed by atoms with Crippen LogP contribution >= 0.6 is 0 Å². The molecule has 27 heavy (non-hydrogen) atoms. The van der Waals surface area contributed by atoms with Gasteiger partial charge < -0.3 is 13.9 Å². The lowest BCUT2D eigenvalue weighted by atomic mass is 10.1. The zero-order chi connectivity index (χ0) is 18.8. The number of fused-ring (bicyclic) bond motifs is 1. The minimum atomic E-state index is -0.315. The second-order valence-corrected chi connectivity index (χ2v) is 6.60. The van der Waals surface area contributed by atoms with Gasteiger partial charge in [0.05, 0.1) is 19.0 Å². The summed E-state index contributed by atoms with van der Waals surface area (Å²) in [4.78, 5) is 13.2. The number of hydrogen-bond donors (Lipinski definition) is 0. The molecule has 0 bridgehead atoms. The number of nitrogens with zero attached hydrogens (tertiary/aromatic N) is 5. The quantitative estimate of drug-likeness (QED) is 0.522. The van der Waals surface area contributed by atoms with Gasteiger partial charge in [0.25, 0.3) is 0 Å². The molecule has 0 fully saturated rings. The van der Waals surface area contributed by atoms with E-state index in [1.807, 2.05) is 29.2 Å². The number of hydrogen-bond acceptors (Lipinski definition) is 4. The molecule has 7 heteroatoms. The average Bonchev–Trinajstić information content (AvgIpc) is 3.29. The number of imidazole rings is 2. The lowest BCUT2D eigenvalue weighted by molar-refractivity contribution is 0.411. The maximum absolute atomic E-state index is 13.8. The summed E-state index contributed by atoms with van der Waals surface area (Å²) >= 11 is 0. The Hall–Kier alpha value is -3.22. The largest absolute Gasteiger partial charge is 0.496 e. The third kappa shape index (κ3) is 3.40. The predicted octanol–water partition coefficient (Wildman–Crippen LogP) is 3.78. The highest BCUT2D eigenvalue weighted by atomic mass is 19.1. The first kappa shape index (κ1) is 17.2. The van der Waals surface area contributed by atoms with Crippen LogP contribution in [0.1, 0.15) is 6.92 Å². The Morgan fingerprint density at radius 3 is 2.78 bits per heavy atom. The fraction of sp³-hybridized carbons (Fsp3) is 0.250. The van der Waals surface area contributed by atoms with Crippen LogP contribution in [0.5, 0.6) is 5.75 Å². The van der Waals surface area contributed by atoms with Gasteiger partial charge in [0.1, 0.15) is 22.9 Å². The van der Waals surface area contributed by atoms with Gasteiger partial charge in [-0.05, 0) is 36.2 Å². The highest BCUT2D eigenvalue weighted by Crippen LogP contribution is 2.30. The Morgan fingerprint density at radius 2 is 1.93 bits per heavy atom. The van der Waals surface area contributed by atoms with Crippen LogP contribution in [0.4, 0.5) is 4.39 Å². The Balaban J connectivity index is 1.57. The second-order valence-electron chi connectivity index (χ2n) is 6.60. The zero-order valence-corrected chi connectivity index (χ0v) is 15.2. The van der Waals surface area contributed by atoms with E-state index < -0.39 is 0 Å². The summed E-state index contributed by atoms with van der Waals surface area (Å²) in [5, 5.41) is 0. The molecular weight excluding hydrogens is 345 g/mol. The van der Waals surface area contributed by atoms with Gasteiger partial charge in [-0.1, -0.05) is 6.92 Å². The third-order valence-corrected chi connectivity index (χ3v) is 4.51. The van der Waals surface area contributed by atoms with Crippen molar-refractivity contribution in [2.24, 2.45) is 5.92 Å². The number of benzene rings is 1. The maximum Gasteiger partial charge on any atom is 0.159 e. The fourth-order valence-corrected chi connectivity index (χ4v) is 3.32. The molecular formula is C20H20FN5O. The van der Waals surface area contributed by atoms with Crippen molar-refractivity contribution >= 4 is 11.2 Å². The van der Waals surface area contributed by atoms with E-state index in [9.17, 15) is 4.39 Å².